The van der Waals surface area contributed by atoms with E-state index in [0.29, 0.717) is 12.1 Å². The Kier molecular flexibility index (Phi) is 6.35. The number of rotatable bonds is 8. The van der Waals surface area contributed by atoms with Gasteiger partial charge in [0.2, 0.25) is 5.95 Å². The lowest BCUT2D eigenvalue weighted by Gasteiger charge is -2.20. The first-order chi connectivity index (χ1) is 8.90. The van der Waals surface area contributed by atoms with E-state index in [4.69, 9.17) is 0 Å². The van der Waals surface area contributed by atoms with Gasteiger partial charge in [0.15, 0.2) is 0 Å². The van der Waals surface area contributed by atoms with Crippen LogP contribution in [0.2, 0.25) is 0 Å². The van der Waals surface area contributed by atoms with Crippen LogP contribution in [0.4, 0.5) is 5.95 Å². The molecule has 0 aliphatic carbocycles. The molecule has 0 aliphatic rings. The summed E-state index contributed by atoms with van der Waals surface area (Å²) in [6.07, 6.45) is 4.56. The third-order valence-electron chi connectivity index (χ3n) is 3.36. The molecule has 0 aromatic carbocycles. The zero-order valence-corrected chi connectivity index (χ0v) is 13.4. The van der Waals surface area contributed by atoms with Crippen molar-refractivity contribution in [1.82, 2.24) is 14.5 Å². The fourth-order valence-corrected chi connectivity index (χ4v) is 1.99. The van der Waals surface area contributed by atoms with E-state index in [2.05, 4.69) is 67.6 Å². The highest BCUT2D eigenvalue weighted by Gasteiger charge is 2.07. The first-order valence-electron chi connectivity index (χ1n) is 7.40. The molecule has 0 saturated carbocycles. The number of hydrogen-bond acceptors (Lipinski definition) is 3. The van der Waals surface area contributed by atoms with Gasteiger partial charge in [-0.25, -0.2) is 4.98 Å². The van der Waals surface area contributed by atoms with Crippen LogP contribution in [0.3, 0.4) is 0 Å². The van der Waals surface area contributed by atoms with Crippen molar-refractivity contribution in [3.05, 3.63) is 11.9 Å². The average Bonchev–Trinajstić information content (AvgIpc) is 2.63. The SMILES string of the molecule is Cc1cn(CCCCN(C)C(C)C)c(NC(C)C)n1. The Hall–Kier alpha value is -1.03. The highest BCUT2D eigenvalue weighted by atomic mass is 15.2. The Morgan fingerprint density at radius 3 is 2.53 bits per heavy atom. The third kappa shape index (κ3) is 5.64. The quantitative estimate of drug-likeness (QED) is 0.734. The van der Waals surface area contributed by atoms with Crippen molar-refractivity contribution in [2.45, 2.75) is 66.1 Å². The van der Waals surface area contributed by atoms with E-state index in [-0.39, 0.29) is 0 Å². The summed E-state index contributed by atoms with van der Waals surface area (Å²) in [5, 5.41) is 3.40. The Morgan fingerprint density at radius 1 is 1.26 bits per heavy atom. The van der Waals surface area contributed by atoms with Gasteiger partial charge in [-0.2, -0.15) is 0 Å². The van der Waals surface area contributed by atoms with Gasteiger partial charge in [0, 0.05) is 24.8 Å². The fraction of sp³-hybridized carbons (Fsp3) is 0.800. The minimum Gasteiger partial charge on any atom is -0.353 e. The van der Waals surface area contributed by atoms with Crippen LogP contribution >= 0.6 is 0 Å². The van der Waals surface area contributed by atoms with Gasteiger partial charge < -0.3 is 14.8 Å². The number of hydrogen-bond donors (Lipinski definition) is 1. The summed E-state index contributed by atoms with van der Waals surface area (Å²) in [5.41, 5.74) is 1.09. The molecule has 0 radical (unpaired) electrons. The summed E-state index contributed by atoms with van der Waals surface area (Å²) in [6, 6.07) is 1.06. The van der Waals surface area contributed by atoms with Crippen LogP contribution in [0.5, 0.6) is 0 Å². The van der Waals surface area contributed by atoms with Crippen molar-refractivity contribution in [2.24, 2.45) is 0 Å². The standard InChI is InChI=1S/C15H30N4/c1-12(2)16-15-17-14(5)11-19(15)10-8-7-9-18(6)13(3)4/h11-13H,7-10H2,1-6H3,(H,16,17). The van der Waals surface area contributed by atoms with Crippen molar-refractivity contribution in [3.8, 4) is 0 Å². The molecule has 1 N–H and O–H groups in total. The molecule has 1 aromatic rings. The second-order valence-electron chi connectivity index (χ2n) is 5.98. The summed E-state index contributed by atoms with van der Waals surface area (Å²) in [6.45, 7) is 13.0. The van der Waals surface area contributed by atoms with Gasteiger partial charge in [-0.1, -0.05) is 0 Å². The maximum Gasteiger partial charge on any atom is 0.203 e. The van der Waals surface area contributed by atoms with E-state index < -0.39 is 0 Å². The molecule has 0 unspecified atom stereocenters. The van der Waals surface area contributed by atoms with Crippen molar-refractivity contribution in [2.75, 3.05) is 18.9 Å². The van der Waals surface area contributed by atoms with Crippen LogP contribution in [0.25, 0.3) is 0 Å². The van der Waals surface area contributed by atoms with E-state index in [1.54, 1.807) is 0 Å². The van der Waals surface area contributed by atoms with E-state index >= 15 is 0 Å². The van der Waals surface area contributed by atoms with Crippen molar-refractivity contribution in [3.63, 3.8) is 0 Å². The Bertz CT molecular complexity index is 368. The summed E-state index contributed by atoms with van der Waals surface area (Å²) >= 11 is 0. The topological polar surface area (TPSA) is 33.1 Å². The number of anilines is 1. The first-order valence-corrected chi connectivity index (χ1v) is 7.40. The fourth-order valence-electron chi connectivity index (χ4n) is 1.99. The summed E-state index contributed by atoms with van der Waals surface area (Å²) < 4.78 is 2.24. The predicted octanol–water partition coefficient (Wildman–Crippen LogP) is 3.13. The zero-order chi connectivity index (χ0) is 14.4. The van der Waals surface area contributed by atoms with Crippen molar-refractivity contribution in [1.29, 1.82) is 0 Å². The number of aryl methyl sites for hydroxylation is 2. The number of aromatic nitrogens is 2. The van der Waals surface area contributed by atoms with Gasteiger partial charge in [0.25, 0.3) is 0 Å². The molecule has 4 heteroatoms. The van der Waals surface area contributed by atoms with Crippen LogP contribution in [-0.2, 0) is 6.54 Å². The van der Waals surface area contributed by atoms with Gasteiger partial charge in [-0.05, 0) is 61.1 Å². The molecule has 0 spiro atoms. The lowest BCUT2D eigenvalue weighted by molar-refractivity contribution is 0.266. The molecule has 0 fully saturated rings. The minimum atomic E-state index is 0.424. The Balaban J connectivity index is 2.40. The largest absolute Gasteiger partial charge is 0.353 e. The zero-order valence-electron chi connectivity index (χ0n) is 13.4. The maximum absolute atomic E-state index is 4.53. The van der Waals surface area contributed by atoms with Crippen LogP contribution in [-0.4, -0.2) is 40.1 Å². The lowest BCUT2D eigenvalue weighted by atomic mass is 10.2. The summed E-state index contributed by atoms with van der Waals surface area (Å²) in [5.74, 6) is 1.00. The maximum atomic E-state index is 4.53. The van der Waals surface area contributed by atoms with E-state index in [0.717, 1.165) is 24.7 Å². The second-order valence-corrected chi connectivity index (χ2v) is 5.98. The minimum absolute atomic E-state index is 0.424. The van der Waals surface area contributed by atoms with Crippen molar-refractivity contribution < 1.29 is 0 Å². The van der Waals surface area contributed by atoms with E-state index in [1.807, 2.05) is 0 Å². The highest BCUT2D eigenvalue weighted by molar-refractivity contribution is 5.29. The summed E-state index contributed by atoms with van der Waals surface area (Å²) in [7, 11) is 2.19. The molecule has 0 aliphatic heterocycles. The molecule has 1 rings (SSSR count). The van der Waals surface area contributed by atoms with Gasteiger partial charge in [0.1, 0.15) is 0 Å². The van der Waals surface area contributed by atoms with Crippen molar-refractivity contribution >= 4 is 5.95 Å². The lowest BCUT2D eigenvalue weighted by Crippen LogP contribution is -2.27. The smallest absolute Gasteiger partial charge is 0.203 e. The molecule has 19 heavy (non-hydrogen) atoms. The van der Waals surface area contributed by atoms with E-state index in [9.17, 15) is 0 Å². The normalized spacial score (nSPS) is 11.8. The van der Waals surface area contributed by atoms with Gasteiger partial charge >= 0.3 is 0 Å². The highest BCUT2D eigenvalue weighted by Crippen LogP contribution is 2.11. The van der Waals surface area contributed by atoms with Crippen LogP contribution in [0, 0.1) is 6.92 Å². The predicted molar refractivity (Wildman–Crippen MR) is 82.7 cm³/mol. The molecule has 110 valence electrons. The molecule has 0 saturated heterocycles. The monoisotopic (exact) mass is 266 g/mol. The molecular formula is C15H30N4. The van der Waals surface area contributed by atoms with E-state index in [1.165, 1.54) is 12.8 Å². The number of imidazole rings is 1. The average molecular weight is 266 g/mol. The van der Waals surface area contributed by atoms with Gasteiger partial charge in [-0.15, -0.1) is 0 Å². The number of nitrogens with zero attached hydrogens (tertiary/aromatic N) is 3. The first kappa shape index (κ1) is 16.0. The molecule has 0 amide bonds. The van der Waals surface area contributed by atoms with Crippen LogP contribution in [0.15, 0.2) is 6.20 Å². The molecule has 0 bridgehead atoms. The van der Waals surface area contributed by atoms with Crippen LogP contribution in [0.1, 0.15) is 46.2 Å². The number of nitrogens with one attached hydrogen (secondary N) is 1. The third-order valence-corrected chi connectivity index (χ3v) is 3.36. The van der Waals surface area contributed by atoms with Crippen LogP contribution < -0.4 is 5.32 Å². The summed E-state index contributed by atoms with van der Waals surface area (Å²) in [4.78, 5) is 6.93. The molecular weight excluding hydrogens is 236 g/mol. The van der Waals surface area contributed by atoms with Gasteiger partial charge in [0.05, 0.1) is 5.69 Å². The second kappa shape index (κ2) is 7.53. The molecule has 1 heterocycles. The molecule has 4 nitrogen and oxygen atoms in total. The van der Waals surface area contributed by atoms with Gasteiger partial charge in [-0.3, -0.25) is 0 Å². The number of unbranched alkanes of at least 4 members (excludes halogenated alkanes) is 1. The Morgan fingerprint density at radius 2 is 1.95 bits per heavy atom. The Labute approximate surface area is 118 Å². The molecule has 0 atom stereocenters. The molecule has 1 aromatic heterocycles.